The minimum Gasteiger partial charge on any atom is -0.490 e. The van der Waals surface area contributed by atoms with Crippen molar-refractivity contribution in [3.63, 3.8) is 0 Å². The molecular weight excluding hydrogens is 286 g/mol. The van der Waals surface area contributed by atoms with E-state index in [0.29, 0.717) is 5.15 Å². The molecule has 0 saturated carbocycles. The molecule has 110 valence electrons. The van der Waals surface area contributed by atoms with Crippen molar-refractivity contribution in [2.75, 3.05) is 23.7 Å². The first-order valence-electron chi connectivity index (χ1n) is 7.09. The summed E-state index contributed by atoms with van der Waals surface area (Å²) in [6, 6.07) is 11.6. The third-order valence-corrected chi connectivity index (χ3v) is 3.91. The molecule has 1 saturated heterocycles. The lowest BCUT2D eigenvalue weighted by Crippen LogP contribution is -2.38. The Balaban J connectivity index is 1.56. The summed E-state index contributed by atoms with van der Waals surface area (Å²) in [7, 11) is 0. The Hall–Kier alpha value is -1.94. The first kappa shape index (κ1) is 14.0. The van der Waals surface area contributed by atoms with Crippen LogP contribution in [0.1, 0.15) is 12.8 Å². The van der Waals surface area contributed by atoms with Crippen molar-refractivity contribution in [1.29, 1.82) is 0 Å². The third-order valence-electron chi connectivity index (χ3n) is 3.70. The van der Waals surface area contributed by atoms with Gasteiger partial charge < -0.3 is 15.4 Å². The molecule has 0 spiro atoms. The minimum atomic E-state index is 0.230. The van der Waals surface area contributed by atoms with Gasteiger partial charge in [-0.1, -0.05) is 11.6 Å². The second-order valence-electron chi connectivity index (χ2n) is 5.21. The number of nitrogens with two attached hydrogens (primary N) is 1. The zero-order valence-corrected chi connectivity index (χ0v) is 12.5. The van der Waals surface area contributed by atoms with E-state index in [0.717, 1.165) is 37.4 Å². The van der Waals surface area contributed by atoms with E-state index in [9.17, 15) is 0 Å². The van der Waals surface area contributed by atoms with Crippen molar-refractivity contribution >= 4 is 23.0 Å². The number of benzene rings is 1. The number of halogens is 1. The number of nitrogen functional groups attached to an aromatic ring is 1. The number of aromatic nitrogens is 1. The fourth-order valence-corrected chi connectivity index (χ4v) is 2.73. The molecule has 1 aromatic heterocycles. The van der Waals surface area contributed by atoms with Gasteiger partial charge in [-0.2, -0.15) is 0 Å². The fourth-order valence-electron chi connectivity index (χ4n) is 2.57. The second kappa shape index (κ2) is 6.22. The Morgan fingerprint density at radius 1 is 1.14 bits per heavy atom. The van der Waals surface area contributed by atoms with Gasteiger partial charge in [0.15, 0.2) is 0 Å². The Kier molecular flexibility index (Phi) is 4.15. The summed E-state index contributed by atoms with van der Waals surface area (Å²) < 4.78 is 5.97. The monoisotopic (exact) mass is 303 g/mol. The number of ether oxygens (including phenoxy) is 1. The Morgan fingerprint density at radius 2 is 1.86 bits per heavy atom. The summed E-state index contributed by atoms with van der Waals surface area (Å²) in [5, 5.41) is 0.465. The third kappa shape index (κ3) is 3.58. The molecule has 1 aliphatic rings. The number of rotatable bonds is 3. The van der Waals surface area contributed by atoms with Crippen LogP contribution in [-0.2, 0) is 0 Å². The molecule has 2 N–H and O–H groups in total. The number of pyridine rings is 1. The van der Waals surface area contributed by atoms with E-state index in [-0.39, 0.29) is 6.10 Å². The predicted octanol–water partition coefficient (Wildman–Crippen LogP) is 3.37. The Bertz CT molecular complexity index is 595. The van der Waals surface area contributed by atoms with Crippen LogP contribution in [0.5, 0.6) is 5.75 Å². The van der Waals surface area contributed by atoms with Crippen LogP contribution < -0.4 is 15.4 Å². The van der Waals surface area contributed by atoms with Crippen molar-refractivity contribution in [3.8, 4) is 5.75 Å². The summed E-state index contributed by atoms with van der Waals surface area (Å²) in [6.07, 6.45) is 3.88. The number of nitrogens with zero attached hydrogens (tertiary/aromatic N) is 2. The first-order chi connectivity index (χ1) is 10.2. The summed E-state index contributed by atoms with van der Waals surface area (Å²) >= 11 is 5.87. The molecule has 21 heavy (non-hydrogen) atoms. The molecule has 0 aliphatic carbocycles. The SMILES string of the molecule is Nc1ccc(N2CCC(Oc3ccnc(Cl)c3)CC2)cc1. The van der Waals surface area contributed by atoms with E-state index in [1.807, 2.05) is 18.2 Å². The van der Waals surface area contributed by atoms with E-state index in [1.165, 1.54) is 5.69 Å². The topological polar surface area (TPSA) is 51.4 Å². The fraction of sp³-hybridized carbons (Fsp3) is 0.312. The average molecular weight is 304 g/mol. The zero-order valence-electron chi connectivity index (χ0n) is 11.7. The van der Waals surface area contributed by atoms with Gasteiger partial charge in [0.05, 0.1) is 0 Å². The van der Waals surface area contributed by atoms with Gasteiger partial charge in [0.25, 0.3) is 0 Å². The van der Waals surface area contributed by atoms with Crippen LogP contribution in [0.4, 0.5) is 11.4 Å². The van der Waals surface area contributed by atoms with Gasteiger partial charge in [0.2, 0.25) is 0 Å². The first-order valence-corrected chi connectivity index (χ1v) is 7.47. The smallest absolute Gasteiger partial charge is 0.132 e. The van der Waals surface area contributed by atoms with Gasteiger partial charge in [-0.3, -0.25) is 0 Å². The van der Waals surface area contributed by atoms with Crippen molar-refractivity contribution < 1.29 is 4.74 Å². The molecule has 0 amide bonds. The van der Waals surface area contributed by atoms with E-state index >= 15 is 0 Å². The maximum absolute atomic E-state index is 5.97. The molecule has 2 heterocycles. The van der Waals surface area contributed by atoms with Crippen LogP contribution in [0.3, 0.4) is 0 Å². The Morgan fingerprint density at radius 3 is 2.52 bits per heavy atom. The van der Waals surface area contributed by atoms with Gasteiger partial charge in [0, 0.05) is 49.6 Å². The molecular formula is C16H18ClN3O. The number of piperidine rings is 1. The maximum Gasteiger partial charge on any atom is 0.132 e. The predicted molar refractivity (Wildman–Crippen MR) is 86.0 cm³/mol. The Labute approximate surface area is 129 Å². The van der Waals surface area contributed by atoms with Crippen LogP contribution in [-0.4, -0.2) is 24.2 Å². The van der Waals surface area contributed by atoms with Gasteiger partial charge >= 0.3 is 0 Å². The molecule has 3 rings (SSSR count). The second-order valence-corrected chi connectivity index (χ2v) is 5.60. The highest BCUT2D eigenvalue weighted by atomic mass is 35.5. The van der Waals surface area contributed by atoms with Crippen molar-refractivity contribution in [1.82, 2.24) is 4.98 Å². The lowest BCUT2D eigenvalue weighted by atomic mass is 10.1. The summed E-state index contributed by atoms with van der Waals surface area (Å²) in [6.45, 7) is 1.96. The molecule has 5 heteroatoms. The summed E-state index contributed by atoms with van der Waals surface area (Å²) in [5.41, 5.74) is 7.74. The van der Waals surface area contributed by atoms with Crippen molar-refractivity contribution in [3.05, 3.63) is 47.7 Å². The number of anilines is 2. The molecule has 4 nitrogen and oxygen atoms in total. The molecule has 1 aromatic carbocycles. The van der Waals surface area contributed by atoms with Crippen LogP contribution >= 0.6 is 11.6 Å². The molecule has 0 atom stereocenters. The molecule has 0 bridgehead atoms. The highest BCUT2D eigenvalue weighted by Gasteiger charge is 2.20. The van der Waals surface area contributed by atoms with E-state index in [4.69, 9.17) is 22.1 Å². The van der Waals surface area contributed by atoms with Gasteiger partial charge in [-0.25, -0.2) is 4.98 Å². The highest BCUT2D eigenvalue weighted by Crippen LogP contribution is 2.24. The van der Waals surface area contributed by atoms with Crippen LogP contribution in [0, 0.1) is 0 Å². The van der Waals surface area contributed by atoms with E-state index in [1.54, 1.807) is 12.3 Å². The average Bonchev–Trinajstić information content (AvgIpc) is 2.49. The van der Waals surface area contributed by atoms with Crippen molar-refractivity contribution in [2.45, 2.75) is 18.9 Å². The lowest BCUT2D eigenvalue weighted by molar-refractivity contribution is 0.171. The van der Waals surface area contributed by atoms with Crippen LogP contribution in [0.2, 0.25) is 5.15 Å². The maximum atomic E-state index is 5.97. The minimum absolute atomic E-state index is 0.230. The normalized spacial score (nSPS) is 16.0. The van der Waals surface area contributed by atoms with Gasteiger partial charge in [-0.05, 0) is 30.3 Å². The zero-order chi connectivity index (χ0) is 14.7. The van der Waals surface area contributed by atoms with Gasteiger partial charge in [-0.15, -0.1) is 0 Å². The van der Waals surface area contributed by atoms with E-state index < -0.39 is 0 Å². The molecule has 0 unspecified atom stereocenters. The van der Waals surface area contributed by atoms with Gasteiger partial charge in [0.1, 0.15) is 17.0 Å². The largest absolute Gasteiger partial charge is 0.490 e. The molecule has 0 radical (unpaired) electrons. The quantitative estimate of drug-likeness (QED) is 0.698. The summed E-state index contributed by atoms with van der Waals surface area (Å²) in [5.74, 6) is 0.793. The molecule has 1 fully saturated rings. The van der Waals surface area contributed by atoms with Crippen LogP contribution in [0.25, 0.3) is 0 Å². The molecule has 2 aromatic rings. The van der Waals surface area contributed by atoms with Crippen molar-refractivity contribution in [2.24, 2.45) is 0 Å². The number of hydrogen-bond donors (Lipinski definition) is 1. The highest BCUT2D eigenvalue weighted by molar-refractivity contribution is 6.29. The standard InChI is InChI=1S/C16H18ClN3O/c17-16-11-15(5-8-19-16)21-14-6-9-20(10-7-14)13-3-1-12(18)2-4-13/h1-5,8,11,14H,6-7,9-10,18H2. The summed E-state index contributed by atoms with van der Waals surface area (Å²) in [4.78, 5) is 6.32. The molecule has 1 aliphatic heterocycles. The number of hydrogen-bond acceptors (Lipinski definition) is 4. The van der Waals surface area contributed by atoms with E-state index in [2.05, 4.69) is 22.0 Å². The lowest BCUT2D eigenvalue weighted by Gasteiger charge is -2.33. The van der Waals surface area contributed by atoms with Crippen LogP contribution in [0.15, 0.2) is 42.6 Å².